The van der Waals surface area contributed by atoms with E-state index in [1.54, 1.807) is 4.90 Å². The van der Waals surface area contributed by atoms with Crippen LogP contribution in [0, 0.1) is 11.6 Å². The summed E-state index contributed by atoms with van der Waals surface area (Å²) in [7, 11) is 0. The second kappa shape index (κ2) is 8.19. The lowest BCUT2D eigenvalue weighted by Gasteiger charge is -2.33. The highest BCUT2D eigenvalue weighted by Crippen LogP contribution is 2.25. The SMILES string of the molecule is CC[C@@H]1CN(C(=O)C[C@@H](NC(C)=O)c2c(F)cccc2F)CCO1. The van der Waals surface area contributed by atoms with Crippen LogP contribution in [-0.4, -0.2) is 42.5 Å². The summed E-state index contributed by atoms with van der Waals surface area (Å²) in [6.07, 6.45) is 0.543. The molecule has 1 aromatic carbocycles. The number of nitrogens with one attached hydrogen (secondary N) is 1. The van der Waals surface area contributed by atoms with Crippen molar-refractivity contribution in [2.45, 2.75) is 38.8 Å². The Labute approximate surface area is 140 Å². The first-order chi connectivity index (χ1) is 11.4. The van der Waals surface area contributed by atoms with Gasteiger partial charge in [0.25, 0.3) is 0 Å². The molecule has 0 saturated carbocycles. The molecule has 0 aliphatic carbocycles. The number of hydrogen-bond acceptors (Lipinski definition) is 3. The van der Waals surface area contributed by atoms with Crippen LogP contribution in [0.1, 0.15) is 38.3 Å². The molecule has 0 radical (unpaired) electrons. The number of hydrogen-bond donors (Lipinski definition) is 1. The molecule has 1 aromatic rings. The molecule has 0 spiro atoms. The molecule has 1 aliphatic heterocycles. The summed E-state index contributed by atoms with van der Waals surface area (Å²) < 4.78 is 33.6. The van der Waals surface area contributed by atoms with Crippen molar-refractivity contribution in [2.75, 3.05) is 19.7 Å². The first-order valence-electron chi connectivity index (χ1n) is 8.02. The summed E-state index contributed by atoms with van der Waals surface area (Å²) in [5, 5.41) is 2.48. The maximum absolute atomic E-state index is 14.0. The van der Waals surface area contributed by atoms with Crippen LogP contribution >= 0.6 is 0 Å². The summed E-state index contributed by atoms with van der Waals surface area (Å²) in [6, 6.07) is 2.42. The lowest BCUT2D eigenvalue weighted by atomic mass is 10.0. The predicted molar refractivity (Wildman–Crippen MR) is 84.1 cm³/mol. The van der Waals surface area contributed by atoms with Crippen LogP contribution in [0.3, 0.4) is 0 Å². The Morgan fingerprint density at radius 1 is 1.38 bits per heavy atom. The minimum atomic E-state index is -1.04. The fourth-order valence-electron chi connectivity index (χ4n) is 2.81. The molecule has 24 heavy (non-hydrogen) atoms. The minimum absolute atomic E-state index is 0.0351. The van der Waals surface area contributed by atoms with Gasteiger partial charge in [0.15, 0.2) is 0 Å². The van der Waals surface area contributed by atoms with Crippen molar-refractivity contribution in [3.05, 3.63) is 35.4 Å². The topological polar surface area (TPSA) is 58.6 Å². The van der Waals surface area contributed by atoms with E-state index in [0.29, 0.717) is 19.7 Å². The van der Waals surface area contributed by atoms with Crippen molar-refractivity contribution in [1.29, 1.82) is 0 Å². The molecule has 2 rings (SSSR count). The average Bonchev–Trinajstić information content (AvgIpc) is 2.54. The molecule has 2 amide bonds. The molecule has 1 aliphatic rings. The summed E-state index contributed by atoms with van der Waals surface area (Å²) in [5.74, 6) is -2.29. The van der Waals surface area contributed by atoms with E-state index in [9.17, 15) is 18.4 Å². The molecule has 5 nitrogen and oxygen atoms in total. The van der Waals surface area contributed by atoms with Gasteiger partial charge < -0.3 is 15.0 Å². The molecular formula is C17H22F2N2O3. The molecule has 0 unspecified atom stereocenters. The summed E-state index contributed by atoms with van der Waals surface area (Å²) in [5.41, 5.74) is -0.290. The second-order valence-corrected chi connectivity index (χ2v) is 5.83. The largest absolute Gasteiger partial charge is 0.375 e. The Morgan fingerprint density at radius 3 is 2.62 bits per heavy atom. The number of amides is 2. The Balaban J connectivity index is 2.17. The fourth-order valence-corrected chi connectivity index (χ4v) is 2.81. The van der Waals surface area contributed by atoms with Crippen LogP contribution < -0.4 is 5.32 Å². The van der Waals surface area contributed by atoms with Crippen molar-refractivity contribution in [3.63, 3.8) is 0 Å². The molecule has 0 aromatic heterocycles. The van der Waals surface area contributed by atoms with Gasteiger partial charge in [-0.3, -0.25) is 9.59 Å². The summed E-state index contributed by atoms with van der Waals surface area (Å²) >= 11 is 0. The molecule has 1 N–H and O–H groups in total. The molecule has 2 atom stereocenters. The highest BCUT2D eigenvalue weighted by atomic mass is 19.1. The van der Waals surface area contributed by atoms with E-state index in [2.05, 4.69) is 5.32 Å². The highest BCUT2D eigenvalue weighted by Gasteiger charge is 2.28. The van der Waals surface area contributed by atoms with E-state index < -0.39 is 23.6 Å². The third-order valence-corrected chi connectivity index (χ3v) is 4.05. The highest BCUT2D eigenvalue weighted by molar-refractivity contribution is 5.79. The van der Waals surface area contributed by atoms with Crippen molar-refractivity contribution >= 4 is 11.8 Å². The number of ether oxygens (including phenoxy) is 1. The smallest absolute Gasteiger partial charge is 0.225 e. The van der Waals surface area contributed by atoms with Crippen LogP contribution in [0.25, 0.3) is 0 Å². The number of benzene rings is 1. The van der Waals surface area contributed by atoms with E-state index in [0.717, 1.165) is 18.6 Å². The maximum Gasteiger partial charge on any atom is 0.225 e. The first-order valence-corrected chi connectivity index (χ1v) is 8.02. The number of carbonyl (C=O) groups excluding carboxylic acids is 2. The lowest BCUT2D eigenvalue weighted by molar-refractivity contribution is -0.139. The van der Waals surface area contributed by atoms with E-state index in [-0.39, 0.29) is 24.0 Å². The zero-order valence-electron chi connectivity index (χ0n) is 13.9. The number of halogens is 2. The van der Waals surface area contributed by atoms with Gasteiger partial charge >= 0.3 is 0 Å². The van der Waals surface area contributed by atoms with Crippen molar-refractivity contribution < 1.29 is 23.1 Å². The van der Waals surface area contributed by atoms with Crippen LogP contribution in [0.5, 0.6) is 0 Å². The average molecular weight is 340 g/mol. The molecule has 1 saturated heterocycles. The van der Waals surface area contributed by atoms with Crippen LogP contribution in [-0.2, 0) is 14.3 Å². The number of nitrogens with zero attached hydrogens (tertiary/aromatic N) is 1. The third kappa shape index (κ3) is 4.50. The van der Waals surface area contributed by atoms with E-state index in [1.165, 1.54) is 13.0 Å². The molecule has 1 heterocycles. The zero-order chi connectivity index (χ0) is 17.7. The van der Waals surface area contributed by atoms with Crippen molar-refractivity contribution in [1.82, 2.24) is 10.2 Å². The fraction of sp³-hybridized carbons (Fsp3) is 0.529. The van der Waals surface area contributed by atoms with Crippen LogP contribution in [0.4, 0.5) is 8.78 Å². The van der Waals surface area contributed by atoms with Crippen LogP contribution in [0.15, 0.2) is 18.2 Å². The number of morpholine rings is 1. The Morgan fingerprint density at radius 2 is 2.04 bits per heavy atom. The third-order valence-electron chi connectivity index (χ3n) is 4.05. The van der Waals surface area contributed by atoms with Gasteiger partial charge in [-0.05, 0) is 18.6 Å². The van der Waals surface area contributed by atoms with E-state index in [1.807, 2.05) is 6.92 Å². The predicted octanol–water partition coefficient (Wildman–Crippen LogP) is 2.17. The lowest BCUT2D eigenvalue weighted by Crippen LogP contribution is -2.46. The van der Waals surface area contributed by atoms with Gasteiger partial charge in [0, 0.05) is 25.6 Å². The van der Waals surface area contributed by atoms with E-state index in [4.69, 9.17) is 4.74 Å². The molecule has 132 valence electrons. The van der Waals surface area contributed by atoms with E-state index >= 15 is 0 Å². The van der Waals surface area contributed by atoms with Gasteiger partial charge in [-0.2, -0.15) is 0 Å². The van der Waals surface area contributed by atoms with Gasteiger partial charge in [0.05, 0.1) is 25.2 Å². The summed E-state index contributed by atoms with van der Waals surface area (Å²) in [6.45, 7) is 4.53. The second-order valence-electron chi connectivity index (χ2n) is 5.83. The zero-order valence-corrected chi connectivity index (χ0v) is 13.9. The monoisotopic (exact) mass is 340 g/mol. The number of carbonyl (C=O) groups is 2. The maximum atomic E-state index is 14.0. The van der Waals surface area contributed by atoms with Gasteiger partial charge in [0.1, 0.15) is 11.6 Å². The normalized spacial score (nSPS) is 19.0. The molecule has 1 fully saturated rings. The Kier molecular flexibility index (Phi) is 6.25. The van der Waals surface area contributed by atoms with Gasteiger partial charge in [-0.15, -0.1) is 0 Å². The standard InChI is InChI=1S/C17H22F2N2O3/c1-3-12-10-21(7-8-24-12)16(23)9-15(20-11(2)22)17-13(18)5-4-6-14(17)19/h4-6,12,15H,3,7-10H2,1-2H3,(H,20,22)/t12-,15-/m1/s1. The molecule has 7 heteroatoms. The number of rotatable bonds is 5. The Bertz CT molecular complexity index is 589. The Hall–Kier alpha value is -2.02. The minimum Gasteiger partial charge on any atom is -0.375 e. The van der Waals surface area contributed by atoms with Gasteiger partial charge in [-0.1, -0.05) is 13.0 Å². The quantitative estimate of drug-likeness (QED) is 0.894. The van der Waals surface area contributed by atoms with Gasteiger partial charge in [0.2, 0.25) is 11.8 Å². The first kappa shape index (κ1) is 18.3. The van der Waals surface area contributed by atoms with Crippen molar-refractivity contribution in [3.8, 4) is 0 Å². The molecular weight excluding hydrogens is 318 g/mol. The van der Waals surface area contributed by atoms with Gasteiger partial charge in [-0.25, -0.2) is 8.78 Å². The summed E-state index contributed by atoms with van der Waals surface area (Å²) in [4.78, 5) is 25.5. The van der Waals surface area contributed by atoms with Crippen molar-refractivity contribution in [2.24, 2.45) is 0 Å². The molecule has 0 bridgehead atoms. The van der Waals surface area contributed by atoms with Crippen LogP contribution in [0.2, 0.25) is 0 Å².